The van der Waals surface area contributed by atoms with Crippen molar-refractivity contribution in [2.45, 2.75) is 40.3 Å². The Bertz CT molecular complexity index is 3490. The smallest absolute Gasteiger partial charge is 0.340 e. The van der Waals surface area contributed by atoms with Gasteiger partial charge < -0.3 is 45.9 Å². The van der Waals surface area contributed by atoms with Gasteiger partial charge in [0.15, 0.2) is 22.9 Å². The standard InChI is InChI=1S/C16H19N3O5.C14H15N3O3.C13H14ClN3O.C12H11ClN4O2/c1-5-19-7-6-11(18-19)15(20)17-12-9-14(23-3)13(22-2)8-10(12)16(21)24-4;1-3-17-9-8-12(16-17)13(18)15-11-7-5-4-6-10(11)14(19)20-2;1-3-9-5-4-6-10(7-9)16-13(18)12-11(14)8-15-17(12)2;1-17-10(8(13)6-15-17)12(19)16-9-5-3-2-4-7(9)11(14)18/h6-9H,5H2,1-4H3,(H,17,20);4-9H,3H2,1-2H3,(H,15,18);4-8H,3H2,1-2H3,(H,16,18);2-6H,1H3,(H2,14,18)(H,16,19). The minimum atomic E-state index is -0.619. The number of halogens is 2. The molecule has 4 aromatic heterocycles. The molecular weight excluding hydrogens is 1090 g/mol. The monoisotopic (exact) mass is 1150 g/mol. The number of aryl methyl sites for hydroxylation is 5. The Kier molecular flexibility index (Phi) is 22.8. The third kappa shape index (κ3) is 16.6. The van der Waals surface area contributed by atoms with Crippen molar-refractivity contribution in [3.63, 3.8) is 0 Å². The minimum Gasteiger partial charge on any atom is -0.493 e. The van der Waals surface area contributed by atoms with Crippen LogP contribution in [0.25, 0.3) is 0 Å². The zero-order valence-electron chi connectivity index (χ0n) is 45.6. The number of hydrogen-bond donors (Lipinski definition) is 5. The fraction of sp³-hybridized carbons (Fsp3) is 0.218. The fourth-order valence-corrected chi connectivity index (χ4v) is 7.72. The summed E-state index contributed by atoms with van der Waals surface area (Å²) in [6, 6.07) is 27.0. The predicted molar refractivity (Wildman–Crippen MR) is 303 cm³/mol. The highest BCUT2D eigenvalue weighted by Gasteiger charge is 2.22. The lowest BCUT2D eigenvalue weighted by molar-refractivity contribution is 0.0592. The van der Waals surface area contributed by atoms with E-state index in [0.717, 1.165) is 12.1 Å². The number of ether oxygens (including phenoxy) is 4. The highest BCUT2D eigenvalue weighted by Crippen LogP contribution is 2.34. The number of methoxy groups -OCH3 is 4. The SMILES string of the molecule is CCc1cccc(NC(=O)c2c(Cl)cnn2C)c1.CCn1ccc(C(=O)Nc2cc(OC)c(OC)cc2C(=O)OC)n1.CCn1ccc(C(=O)Nc2ccccc2C(=O)OC)n1.Cn1ncc(Cl)c1C(=O)Nc1ccccc1C(N)=O. The van der Waals surface area contributed by atoms with E-state index in [-0.39, 0.29) is 45.0 Å². The summed E-state index contributed by atoms with van der Waals surface area (Å²) in [5, 5.41) is 27.3. The Labute approximate surface area is 475 Å². The average molecular weight is 1150 g/mol. The molecule has 0 fully saturated rings. The molecular formula is C55H59Cl2N13O11. The summed E-state index contributed by atoms with van der Waals surface area (Å²) in [7, 11) is 8.75. The van der Waals surface area contributed by atoms with E-state index >= 15 is 0 Å². The molecule has 0 bridgehead atoms. The number of nitrogens with zero attached hydrogens (tertiary/aromatic N) is 8. The lowest BCUT2D eigenvalue weighted by Gasteiger charge is -2.14. The van der Waals surface area contributed by atoms with Crippen LogP contribution in [-0.4, -0.2) is 109 Å². The van der Waals surface area contributed by atoms with Crippen LogP contribution < -0.4 is 36.5 Å². The van der Waals surface area contributed by atoms with Crippen LogP contribution in [0.15, 0.2) is 122 Å². The van der Waals surface area contributed by atoms with E-state index in [1.165, 1.54) is 74.0 Å². The second kappa shape index (κ2) is 29.8. The van der Waals surface area contributed by atoms with Crippen LogP contribution in [0.1, 0.15) is 99.4 Å². The molecule has 0 unspecified atom stereocenters. The molecule has 0 aliphatic heterocycles. The minimum absolute atomic E-state index is 0.151. The molecule has 8 rings (SSSR count). The number of benzene rings is 4. The van der Waals surface area contributed by atoms with Crippen LogP contribution in [0.4, 0.5) is 22.7 Å². The summed E-state index contributed by atoms with van der Waals surface area (Å²) in [6.45, 7) is 7.25. The Balaban J connectivity index is 0.000000199. The van der Waals surface area contributed by atoms with Crippen LogP contribution in [0.3, 0.4) is 0 Å². The molecule has 24 nitrogen and oxygen atoms in total. The van der Waals surface area contributed by atoms with Gasteiger partial charge in [-0.05, 0) is 74.4 Å². The first-order valence-corrected chi connectivity index (χ1v) is 25.2. The van der Waals surface area contributed by atoms with Crippen molar-refractivity contribution in [1.29, 1.82) is 0 Å². The number of aromatic nitrogens is 8. The van der Waals surface area contributed by atoms with Crippen LogP contribution >= 0.6 is 23.2 Å². The normalized spacial score (nSPS) is 10.2. The third-order valence-corrected chi connectivity index (χ3v) is 12.0. The van der Waals surface area contributed by atoms with Gasteiger partial charge >= 0.3 is 11.9 Å². The summed E-state index contributed by atoms with van der Waals surface area (Å²) in [5.41, 5.74) is 9.93. The highest BCUT2D eigenvalue weighted by molar-refractivity contribution is 6.34. The van der Waals surface area contributed by atoms with Crippen molar-refractivity contribution in [3.05, 3.63) is 177 Å². The maximum Gasteiger partial charge on any atom is 0.340 e. The molecule has 4 heterocycles. The van der Waals surface area contributed by atoms with Crippen molar-refractivity contribution in [3.8, 4) is 11.5 Å². The van der Waals surface area contributed by atoms with E-state index in [4.69, 9.17) is 43.1 Å². The number of primary amides is 1. The van der Waals surface area contributed by atoms with E-state index in [1.54, 1.807) is 90.4 Å². The summed E-state index contributed by atoms with van der Waals surface area (Å²) in [6.07, 6.45) is 7.18. The molecule has 0 spiro atoms. The van der Waals surface area contributed by atoms with Gasteiger partial charge in [-0.3, -0.25) is 42.7 Å². The molecule has 0 saturated heterocycles. The number of anilines is 4. The Morgan fingerprint density at radius 1 is 0.531 bits per heavy atom. The molecule has 6 N–H and O–H groups in total. The van der Waals surface area contributed by atoms with E-state index < -0.39 is 29.7 Å². The number of para-hydroxylation sites is 2. The van der Waals surface area contributed by atoms with Crippen LogP contribution in [0.5, 0.6) is 11.5 Å². The largest absolute Gasteiger partial charge is 0.493 e. The van der Waals surface area contributed by atoms with Crippen molar-refractivity contribution < 1.29 is 52.5 Å². The van der Waals surface area contributed by atoms with Crippen molar-refractivity contribution >= 4 is 87.4 Å². The zero-order chi connectivity index (χ0) is 59.3. The Morgan fingerprint density at radius 2 is 0.988 bits per heavy atom. The van der Waals surface area contributed by atoms with E-state index in [1.807, 2.05) is 38.1 Å². The maximum absolute atomic E-state index is 12.3. The number of hydrogen-bond acceptors (Lipinski definition) is 15. The second-order valence-corrected chi connectivity index (χ2v) is 17.4. The quantitative estimate of drug-likeness (QED) is 0.0569. The van der Waals surface area contributed by atoms with Crippen molar-refractivity contribution in [2.75, 3.05) is 49.7 Å². The molecule has 81 heavy (non-hydrogen) atoms. The van der Waals surface area contributed by atoms with Crippen LogP contribution in [0.2, 0.25) is 10.0 Å². The molecule has 4 aromatic carbocycles. The van der Waals surface area contributed by atoms with Gasteiger partial charge in [-0.25, -0.2) is 9.59 Å². The lowest BCUT2D eigenvalue weighted by Crippen LogP contribution is -2.20. The zero-order valence-corrected chi connectivity index (χ0v) is 47.1. The average Bonchev–Trinajstić information content (AvgIpc) is 4.31. The van der Waals surface area contributed by atoms with Crippen LogP contribution in [0, 0.1) is 0 Å². The van der Waals surface area contributed by atoms with Gasteiger partial charge in [0.05, 0.1) is 84.6 Å². The molecule has 0 radical (unpaired) electrons. The summed E-state index contributed by atoms with van der Waals surface area (Å²) < 4.78 is 25.9. The fourth-order valence-electron chi connectivity index (χ4n) is 7.21. The molecule has 8 aromatic rings. The summed E-state index contributed by atoms with van der Waals surface area (Å²) in [4.78, 5) is 83.4. The number of amides is 5. The van der Waals surface area contributed by atoms with Gasteiger partial charge in [-0.2, -0.15) is 20.4 Å². The van der Waals surface area contributed by atoms with Gasteiger partial charge in [-0.1, -0.05) is 66.5 Å². The molecule has 0 saturated carbocycles. The van der Waals surface area contributed by atoms with Crippen molar-refractivity contribution in [1.82, 2.24) is 39.1 Å². The van der Waals surface area contributed by atoms with Gasteiger partial charge in [0.25, 0.3) is 29.5 Å². The first-order chi connectivity index (χ1) is 38.8. The number of rotatable bonds is 16. The van der Waals surface area contributed by atoms with E-state index in [0.29, 0.717) is 57.9 Å². The predicted octanol–water partition coefficient (Wildman–Crippen LogP) is 8.21. The first-order valence-electron chi connectivity index (χ1n) is 24.5. The van der Waals surface area contributed by atoms with E-state index in [9.17, 15) is 33.6 Å². The van der Waals surface area contributed by atoms with Gasteiger partial charge in [0, 0.05) is 57.4 Å². The van der Waals surface area contributed by atoms with E-state index in [2.05, 4.69) is 53.3 Å². The molecule has 26 heteroatoms. The maximum atomic E-state index is 12.3. The Morgan fingerprint density at radius 3 is 1.44 bits per heavy atom. The van der Waals surface area contributed by atoms with Gasteiger partial charge in [0.1, 0.15) is 11.4 Å². The van der Waals surface area contributed by atoms with Gasteiger partial charge in [-0.15, -0.1) is 0 Å². The number of nitrogens with one attached hydrogen (secondary N) is 4. The molecule has 0 atom stereocenters. The molecule has 0 aliphatic carbocycles. The highest BCUT2D eigenvalue weighted by atomic mass is 35.5. The van der Waals surface area contributed by atoms with Crippen LogP contribution in [-0.2, 0) is 43.1 Å². The van der Waals surface area contributed by atoms with Gasteiger partial charge in [0.2, 0.25) is 0 Å². The Hall–Kier alpha value is -9.81. The molecule has 424 valence electrons. The second-order valence-electron chi connectivity index (χ2n) is 16.6. The summed E-state index contributed by atoms with van der Waals surface area (Å²) >= 11 is 11.8. The first kappa shape index (κ1) is 62.0. The topological polar surface area (TPSA) is 302 Å². The lowest BCUT2D eigenvalue weighted by atomic mass is 10.1. The molecule has 5 amide bonds. The number of esters is 2. The number of carbonyl (C=O) groups is 7. The van der Waals surface area contributed by atoms with Crippen molar-refractivity contribution in [2.24, 2.45) is 19.8 Å². The third-order valence-electron chi connectivity index (χ3n) is 11.4. The molecule has 0 aliphatic rings. The number of carbonyl (C=O) groups excluding carboxylic acids is 7. The summed E-state index contributed by atoms with van der Waals surface area (Å²) in [5.74, 6) is -2.52. The number of nitrogens with two attached hydrogens (primary N) is 1.